The molecule has 1 amide bonds. The number of hydrogen-bond acceptors (Lipinski definition) is 7. The predicted octanol–water partition coefficient (Wildman–Crippen LogP) is 3.67. The second kappa shape index (κ2) is 19.1. The normalized spacial score (nSPS) is 11.8. The SMILES string of the molecule is CCCCCOCCOCCOC(COc1cccc(C(=O)NCCNC(C)C)c1)N=[N+]=[N-]. The molecular formula is C23H39N5O5. The maximum Gasteiger partial charge on any atom is 0.251 e. The van der Waals surface area contributed by atoms with Crippen LogP contribution in [0.25, 0.3) is 10.4 Å². The second-order valence-electron chi connectivity index (χ2n) is 7.67. The summed E-state index contributed by atoms with van der Waals surface area (Å²) in [6.07, 6.45) is 2.61. The van der Waals surface area contributed by atoms with E-state index in [1.165, 1.54) is 12.8 Å². The maximum atomic E-state index is 12.3. The minimum atomic E-state index is -0.802. The van der Waals surface area contributed by atoms with Crippen LogP contribution in [0.3, 0.4) is 0 Å². The molecule has 0 fully saturated rings. The number of hydrogen-bond donors (Lipinski definition) is 2. The Kier molecular flexibility index (Phi) is 16.6. The van der Waals surface area contributed by atoms with Gasteiger partial charge in [-0.1, -0.05) is 44.8 Å². The van der Waals surface area contributed by atoms with Gasteiger partial charge in [-0.05, 0) is 30.2 Å². The summed E-state index contributed by atoms with van der Waals surface area (Å²) in [7, 11) is 0. The molecule has 0 aromatic heterocycles. The van der Waals surface area contributed by atoms with Crippen molar-refractivity contribution >= 4 is 5.91 Å². The molecule has 1 rings (SSSR count). The third-order valence-electron chi connectivity index (χ3n) is 4.43. The summed E-state index contributed by atoms with van der Waals surface area (Å²) >= 11 is 0. The van der Waals surface area contributed by atoms with Crippen molar-refractivity contribution < 1.29 is 23.7 Å². The molecule has 1 atom stereocenters. The van der Waals surface area contributed by atoms with Crippen LogP contribution in [-0.4, -0.2) is 70.9 Å². The fourth-order valence-corrected chi connectivity index (χ4v) is 2.73. The van der Waals surface area contributed by atoms with Crippen LogP contribution in [0.15, 0.2) is 29.4 Å². The number of carbonyl (C=O) groups excluding carboxylic acids is 1. The van der Waals surface area contributed by atoms with E-state index in [4.69, 9.17) is 24.5 Å². The molecular weight excluding hydrogens is 426 g/mol. The summed E-state index contributed by atoms with van der Waals surface area (Å²) in [5.74, 6) is 0.307. The van der Waals surface area contributed by atoms with Gasteiger partial charge in [-0.15, -0.1) is 0 Å². The van der Waals surface area contributed by atoms with E-state index >= 15 is 0 Å². The number of rotatable bonds is 20. The fraction of sp³-hybridized carbons (Fsp3) is 0.696. The number of amides is 1. The highest BCUT2D eigenvalue weighted by Crippen LogP contribution is 2.14. The summed E-state index contributed by atoms with van der Waals surface area (Å²) in [5, 5.41) is 9.70. The summed E-state index contributed by atoms with van der Waals surface area (Å²) in [6.45, 7) is 9.90. The zero-order valence-electron chi connectivity index (χ0n) is 20.1. The number of azide groups is 1. The highest BCUT2D eigenvalue weighted by Gasteiger charge is 2.10. The van der Waals surface area contributed by atoms with Crippen molar-refractivity contribution in [3.05, 3.63) is 40.3 Å². The monoisotopic (exact) mass is 465 g/mol. The van der Waals surface area contributed by atoms with Crippen molar-refractivity contribution in [1.82, 2.24) is 10.6 Å². The Morgan fingerprint density at radius 3 is 2.58 bits per heavy atom. The first kappa shape index (κ1) is 28.7. The van der Waals surface area contributed by atoms with Crippen molar-refractivity contribution in [2.75, 3.05) is 52.7 Å². The summed E-state index contributed by atoms with van der Waals surface area (Å²) in [6, 6.07) is 7.18. The molecule has 0 aliphatic heterocycles. The topological polar surface area (TPSA) is 127 Å². The first-order valence-electron chi connectivity index (χ1n) is 11.6. The van der Waals surface area contributed by atoms with Crippen molar-refractivity contribution in [1.29, 1.82) is 0 Å². The molecule has 0 heterocycles. The number of ether oxygens (including phenoxy) is 4. The summed E-state index contributed by atoms with van der Waals surface area (Å²) < 4.78 is 22.1. The van der Waals surface area contributed by atoms with Crippen molar-refractivity contribution in [3.8, 4) is 5.75 Å². The molecule has 1 aromatic carbocycles. The maximum absolute atomic E-state index is 12.3. The van der Waals surface area contributed by atoms with Crippen molar-refractivity contribution in [3.63, 3.8) is 0 Å². The Morgan fingerprint density at radius 2 is 1.85 bits per heavy atom. The Labute approximate surface area is 196 Å². The van der Waals surface area contributed by atoms with E-state index in [1.54, 1.807) is 24.3 Å². The van der Waals surface area contributed by atoms with Gasteiger partial charge < -0.3 is 29.6 Å². The Hall–Kier alpha value is -2.36. The lowest BCUT2D eigenvalue weighted by atomic mass is 10.2. The van der Waals surface area contributed by atoms with E-state index in [2.05, 4.69) is 41.4 Å². The van der Waals surface area contributed by atoms with E-state index < -0.39 is 6.23 Å². The average Bonchev–Trinajstić information content (AvgIpc) is 2.81. The third-order valence-corrected chi connectivity index (χ3v) is 4.43. The first-order chi connectivity index (χ1) is 16.1. The van der Waals surface area contributed by atoms with Crippen LogP contribution in [0.2, 0.25) is 0 Å². The lowest BCUT2D eigenvalue weighted by Crippen LogP contribution is -2.34. The predicted molar refractivity (Wildman–Crippen MR) is 127 cm³/mol. The minimum Gasteiger partial charge on any atom is -0.491 e. The van der Waals surface area contributed by atoms with Gasteiger partial charge >= 0.3 is 0 Å². The molecule has 1 aromatic rings. The van der Waals surface area contributed by atoms with E-state index in [0.29, 0.717) is 50.3 Å². The van der Waals surface area contributed by atoms with E-state index in [1.807, 2.05) is 0 Å². The number of benzene rings is 1. The standard InChI is InChI=1S/C23H39N5O5/c1-4-5-6-12-30-13-14-31-15-16-32-22(27-28-24)18-33-21-9-7-8-20(17-21)23(29)26-11-10-25-19(2)3/h7-9,17,19,22,25H,4-6,10-16,18H2,1-3H3,(H,26,29). The zero-order chi connectivity index (χ0) is 24.2. The molecule has 0 radical (unpaired) electrons. The largest absolute Gasteiger partial charge is 0.491 e. The molecule has 0 saturated carbocycles. The number of unbranched alkanes of at least 4 members (excludes halogenated alkanes) is 2. The van der Waals surface area contributed by atoms with Crippen molar-refractivity contribution in [2.24, 2.45) is 5.11 Å². The molecule has 0 bridgehead atoms. The average molecular weight is 466 g/mol. The van der Waals surface area contributed by atoms with Gasteiger partial charge in [-0.2, -0.15) is 0 Å². The van der Waals surface area contributed by atoms with Gasteiger partial charge in [0, 0.05) is 36.2 Å². The first-order valence-corrected chi connectivity index (χ1v) is 11.6. The van der Waals surface area contributed by atoms with Gasteiger partial charge in [0.05, 0.1) is 26.4 Å². The van der Waals surface area contributed by atoms with Crippen molar-refractivity contribution in [2.45, 2.75) is 52.3 Å². The van der Waals surface area contributed by atoms with E-state index in [-0.39, 0.29) is 19.1 Å². The molecule has 33 heavy (non-hydrogen) atoms. The Balaban J connectivity index is 2.30. The number of nitrogens with zero attached hydrogens (tertiary/aromatic N) is 3. The number of nitrogens with one attached hydrogen (secondary N) is 2. The lowest BCUT2D eigenvalue weighted by molar-refractivity contribution is -0.0224. The third kappa shape index (κ3) is 15.2. The fourth-order valence-electron chi connectivity index (χ4n) is 2.73. The Morgan fingerprint density at radius 1 is 1.09 bits per heavy atom. The lowest BCUT2D eigenvalue weighted by Gasteiger charge is -2.15. The molecule has 0 spiro atoms. The highest BCUT2D eigenvalue weighted by molar-refractivity contribution is 5.94. The quantitative estimate of drug-likeness (QED) is 0.131. The van der Waals surface area contributed by atoms with Crippen LogP contribution in [-0.2, 0) is 14.2 Å². The molecule has 2 N–H and O–H groups in total. The molecule has 0 saturated heterocycles. The molecule has 0 aliphatic rings. The molecule has 0 aliphatic carbocycles. The molecule has 10 heteroatoms. The van der Waals surface area contributed by atoms with Gasteiger partial charge in [-0.3, -0.25) is 4.79 Å². The second-order valence-corrected chi connectivity index (χ2v) is 7.67. The summed E-state index contributed by atoms with van der Waals surface area (Å²) in [5.41, 5.74) is 9.26. The van der Waals surface area contributed by atoms with Crippen LogP contribution in [0.5, 0.6) is 5.75 Å². The van der Waals surface area contributed by atoms with E-state index in [0.717, 1.165) is 13.0 Å². The highest BCUT2D eigenvalue weighted by atomic mass is 16.6. The smallest absolute Gasteiger partial charge is 0.251 e. The van der Waals surface area contributed by atoms with Crippen LogP contribution >= 0.6 is 0 Å². The molecule has 10 nitrogen and oxygen atoms in total. The number of carbonyl (C=O) groups is 1. The molecule has 1 unspecified atom stereocenters. The van der Waals surface area contributed by atoms with Crippen LogP contribution in [0.4, 0.5) is 0 Å². The minimum absolute atomic E-state index is 0.0218. The van der Waals surface area contributed by atoms with Gasteiger partial charge in [0.25, 0.3) is 5.91 Å². The van der Waals surface area contributed by atoms with Gasteiger partial charge in [0.15, 0.2) is 6.23 Å². The summed E-state index contributed by atoms with van der Waals surface area (Å²) in [4.78, 5) is 15.1. The molecule has 186 valence electrons. The van der Waals surface area contributed by atoms with E-state index in [9.17, 15) is 4.79 Å². The van der Waals surface area contributed by atoms with Gasteiger partial charge in [0.2, 0.25) is 0 Å². The van der Waals surface area contributed by atoms with Crippen LogP contribution in [0, 0.1) is 0 Å². The zero-order valence-corrected chi connectivity index (χ0v) is 20.1. The Bertz CT molecular complexity index is 698. The van der Waals surface area contributed by atoms with Gasteiger partial charge in [-0.25, -0.2) is 0 Å². The van der Waals surface area contributed by atoms with Gasteiger partial charge in [0.1, 0.15) is 12.4 Å². The van der Waals surface area contributed by atoms with Crippen LogP contribution < -0.4 is 15.4 Å². The van der Waals surface area contributed by atoms with Crippen LogP contribution in [0.1, 0.15) is 50.4 Å².